The standard InChI is InChI=1S/C16H12N2O3.C5H8O/c1-11(19)21-14-10-15(20)18(12-6-3-2-4-7-12)16-13(14)8-5-9-17-16;1-2-6-5-3-4(1)5/h2-10H,1H3;4-5H,1-3H2. The molecule has 0 bridgehead atoms. The van der Waals surface area contributed by atoms with Crippen molar-refractivity contribution >= 4 is 17.0 Å². The Morgan fingerprint density at radius 2 is 2.04 bits per heavy atom. The molecule has 3 heterocycles. The van der Waals surface area contributed by atoms with E-state index in [1.807, 2.05) is 30.3 Å². The minimum atomic E-state index is -0.475. The second-order valence-corrected chi connectivity index (χ2v) is 6.68. The summed E-state index contributed by atoms with van der Waals surface area (Å²) in [7, 11) is 0. The van der Waals surface area contributed by atoms with Gasteiger partial charge in [0.2, 0.25) is 0 Å². The van der Waals surface area contributed by atoms with E-state index in [1.54, 1.807) is 18.3 Å². The summed E-state index contributed by atoms with van der Waals surface area (Å²) in [5.74, 6) is 0.741. The fraction of sp³-hybridized carbons (Fsp3) is 0.286. The molecular formula is C21H20N2O4. The van der Waals surface area contributed by atoms with Crippen LogP contribution >= 0.6 is 0 Å². The molecule has 2 aliphatic rings. The van der Waals surface area contributed by atoms with Crippen LogP contribution in [0.25, 0.3) is 16.7 Å². The molecule has 2 fully saturated rings. The number of para-hydroxylation sites is 1. The Bertz CT molecular complexity index is 1020. The lowest BCUT2D eigenvalue weighted by Crippen LogP contribution is -2.19. The Morgan fingerprint density at radius 3 is 2.63 bits per heavy atom. The second kappa shape index (κ2) is 7.32. The van der Waals surface area contributed by atoms with Gasteiger partial charge in [-0.05, 0) is 43.0 Å². The van der Waals surface area contributed by atoms with Crippen molar-refractivity contribution in [1.29, 1.82) is 0 Å². The molecule has 0 N–H and O–H groups in total. The number of hydrogen-bond donors (Lipinski definition) is 0. The van der Waals surface area contributed by atoms with Crippen LogP contribution in [0.4, 0.5) is 0 Å². The molecule has 138 valence electrons. The summed E-state index contributed by atoms with van der Waals surface area (Å²) < 4.78 is 11.8. The van der Waals surface area contributed by atoms with Gasteiger partial charge in [0, 0.05) is 25.8 Å². The van der Waals surface area contributed by atoms with Crippen LogP contribution in [-0.4, -0.2) is 28.2 Å². The first kappa shape index (κ1) is 17.4. The number of fused-ring (bicyclic) bond motifs is 2. The highest BCUT2D eigenvalue weighted by Crippen LogP contribution is 2.41. The summed E-state index contributed by atoms with van der Waals surface area (Å²) >= 11 is 0. The van der Waals surface area contributed by atoms with Crippen LogP contribution in [0.15, 0.2) is 59.5 Å². The van der Waals surface area contributed by atoms with E-state index < -0.39 is 5.97 Å². The van der Waals surface area contributed by atoms with E-state index in [0.717, 1.165) is 12.5 Å². The van der Waals surface area contributed by atoms with Crippen molar-refractivity contribution in [3.8, 4) is 11.4 Å². The third-order valence-electron chi connectivity index (χ3n) is 4.69. The molecule has 1 aliphatic heterocycles. The van der Waals surface area contributed by atoms with Crippen molar-refractivity contribution in [1.82, 2.24) is 9.55 Å². The van der Waals surface area contributed by atoms with E-state index in [1.165, 1.54) is 30.4 Å². The first-order chi connectivity index (χ1) is 13.1. The molecule has 2 aromatic heterocycles. The number of carbonyl (C=O) groups excluding carboxylic acids is 1. The normalized spacial score (nSPS) is 19.7. The van der Waals surface area contributed by atoms with Gasteiger partial charge in [-0.1, -0.05) is 18.2 Å². The number of esters is 1. The largest absolute Gasteiger partial charge is 0.426 e. The molecular weight excluding hydrogens is 344 g/mol. The van der Waals surface area contributed by atoms with Crippen LogP contribution in [-0.2, 0) is 9.53 Å². The molecule has 2 unspecified atom stereocenters. The van der Waals surface area contributed by atoms with Crippen molar-refractivity contribution in [2.24, 2.45) is 5.92 Å². The second-order valence-electron chi connectivity index (χ2n) is 6.68. The molecule has 1 aliphatic carbocycles. The highest BCUT2D eigenvalue weighted by atomic mass is 16.5. The third kappa shape index (κ3) is 3.75. The topological polar surface area (TPSA) is 70.4 Å². The predicted octanol–water partition coefficient (Wildman–Crippen LogP) is 3.11. The summed E-state index contributed by atoms with van der Waals surface area (Å²) in [5.41, 5.74) is 0.858. The van der Waals surface area contributed by atoms with Crippen LogP contribution in [0.5, 0.6) is 5.75 Å². The summed E-state index contributed by atoms with van der Waals surface area (Å²) in [4.78, 5) is 27.8. The Morgan fingerprint density at radius 1 is 1.22 bits per heavy atom. The van der Waals surface area contributed by atoms with Crippen LogP contribution in [0, 0.1) is 5.92 Å². The Balaban J connectivity index is 0.000000250. The lowest BCUT2D eigenvalue weighted by Gasteiger charge is -2.11. The highest BCUT2D eigenvalue weighted by molar-refractivity contribution is 5.86. The lowest BCUT2D eigenvalue weighted by molar-refractivity contribution is -0.131. The lowest BCUT2D eigenvalue weighted by atomic mass is 10.2. The Hall–Kier alpha value is -2.99. The minimum Gasteiger partial charge on any atom is -0.426 e. The summed E-state index contributed by atoms with van der Waals surface area (Å²) in [5, 5.41) is 0.608. The summed E-state index contributed by atoms with van der Waals surface area (Å²) in [6.07, 6.45) is 5.01. The molecule has 1 saturated carbocycles. The SMILES string of the molecule is C1CC2CC2O1.CC(=O)Oc1cc(=O)n(-c2ccccc2)c2ncccc12. The third-order valence-corrected chi connectivity index (χ3v) is 4.69. The van der Waals surface area contributed by atoms with Gasteiger partial charge in [-0.2, -0.15) is 0 Å². The highest BCUT2D eigenvalue weighted by Gasteiger charge is 2.42. The zero-order chi connectivity index (χ0) is 18.8. The van der Waals surface area contributed by atoms with Crippen molar-refractivity contribution in [3.63, 3.8) is 0 Å². The van der Waals surface area contributed by atoms with Gasteiger partial charge in [0.15, 0.2) is 5.65 Å². The van der Waals surface area contributed by atoms with E-state index in [0.29, 0.717) is 22.8 Å². The summed E-state index contributed by atoms with van der Waals surface area (Å²) in [6, 6.07) is 14.0. The molecule has 0 amide bonds. The number of nitrogens with zero attached hydrogens (tertiary/aromatic N) is 2. The molecule has 0 radical (unpaired) electrons. The molecule has 1 saturated heterocycles. The van der Waals surface area contributed by atoms with Crippen LogP contribution in [0.1, 0.15) is 19.8 Å². The fourth-order valence-electron chi connectivity index (χ4n) is 3.29. The first-order valence-corrected chi connectivity index (χ1v) is 8.99. The predicted molar refractivity (Wildman–Crippen MR) is 101 cm³/mol. The smallest absolute Gasteiger partial charge is 0.308 e. The van der Waals surface area contributed by atoms with Crippen molar-refractivity contribution in [2.45, 2.75) is 25.9 Å². The quantitative estimate of drug-likeness (QED) is 0.654. The number of hydrogen-bond acceptors (Lipinski definition) is 5. The van der Waals surface area contributed by atoms with Gasteiger partial charge in [-0.25, -0.2) is 4.98 Å². The van der Waals surface area contributed by atoms with Gasteiger partial charge < -0.3 is 9.47 Å². The average molecular weight is 364 g/mol. The maximum Gasteiger partial charge on any atom is 0.308 e. The maximum atomic E-state index is 12.4. The van der Waals surface area contributed by atoms with Gasteiger partial charge in [0.05, 0.1) is 17.2 Å². The molecule has 6 heteroatoms. The van der Waals surface area contributed by atoms with Gasteiger partial charge in [-0.15, -0.1) is 0 Å². The number of benzene rings is 1. The molecule has 27 heavy (non-hydrogen) atoms. The van der Waals surface area contributed by atoms with Gasteiger partial charge >= 0.3 is 5.97 Å². The van der Waals surface area contributed by atoms with Crippen molar-refractivity contribution in [2.75, 3.05) is 6.61 Å². The average Bonchev–Trinajstić information content (AvgIpc) is 3.27. The van der Waals surface area contributed by atoms with Gasteiger partial charge in [0.1, 0.15) is 5.75 Å². The van der Waals surface area contributed by atoms with E-state index in [2.05, 4.69) is 4.98 Å². The number of rotatable bonds is 2. The van der Waals surface area contributed by atoms with Gasteiger partial charge in [-0.3, -0.25) is 14.2 Å². The fourth-order valence-corrected chi connectivity index (χ4v) is 3.29. The molecule has 1 aromatic carbocycles. The van der Waals surface area contributed by atoms with E-state index in [-0.39, 0.29) is 11.3 Å². The van der Waals surface area contributed by atoms with Gasteiger partial charge in [0.25, 0.3) is 5.56 Å². The molecule has 5 rings (SSSR count). The van der Waals surface area contributed by atoms with E-state index in [9.17, 15) is 9.59 Å². The monoisotopic (exact) mass is 364 g/mol. The van der Waals surface area contributed by atoms with Crippen molar-refractivity contribution < 1.29 is 14.3 Å². The Kier molecular flexibility index (Phi) is 4.73. The molecule has 6 nitrogen and oxygen atoms in total. The Labute approximate surface area is 156 Å². The number of pyridine rings is 2. The zero-order valence-corrected chi connectivity index (χ0v) is 15.0. The summed E-state index contributed by atoms with van der Waals surface area (Å²) in [6.45, 7) is 2.33. The number of ether oxygens (including phenoxy) is 2. The number of carbonyl (C=O) groups is 1. The zero-order valence-electron chi connectivity index (χ0n) is 15.0. The van der Waals surface area contributed by atoms with Crippen LogP contribution in [0.3, 0.4) is 0 Å². The first-order valence-electron chi connectivity index (χ1n) is 8.99. The maximum absolute atomic E-state index is 12.4. The number of aromatic nitrogens is 2. The minimum absolute atomic E-state index is 0.225. The van der Waals surface area contributed by atoms with Crippen LogP contribution < -0.4 is 10.3 Å². The van der Waals surface area contributed by atoms with Crippen molar-refractivity contribution in [3.05, 3.63) is 65.1 Å². The molecule has 0 spiro atoms. The van der Waals surface area contributed by atoms with E-state index in [4.69, 9.17) is 9.47 Å². The molecule has 2 atom stereocenters. The van der Waals surface area contributed by atoms with E-state index >= 15 is 0 Å². The van der Waals surface area contributed by atoms with Crippen LogP contribution in [0.2, 0.25) is 0 Å². The molecule has 3 aromatic rings.